The minimum absolute atomic E-state index is 0.134. The zero-order valence-electron chi connectivity index (χ0n) is 11.1. The zero-order chi connectivity index (χ0) is 14.3. The van der Waals surface area contributed by atoms with Gasteiger partial charge in [-0.3, -0.25) is 14.5 Å². The Morgan fingerprint density at radius 1 is 1.35 bits per heavy atom. The highest BCUT2D eigenvalue weighted by Crippen LogP contribution is 2.34. The molecule has 1 fully saturated rings. The lowest BCUT2D eigenvalue weighted by Crippen LogP contribution is -2.36. The number of aryl methyl sites for hydroxylation is 1. The third kappa shape index (κ3) is 2.10. The molecule has 1 saturated carbocycles. The highest BCUT2D eigenvalue weighted by atomic mass is 35.5. The third-order valence-corrected chi connectivity index (χ3v) is 4.10. The average molecular weight is 295 g/mol. The van der Waals surface area contributed by atoms with Gasteiger partial charge in [-0.1, -0.05) is 24.4 Å². The van der Waals surface area contributed by atoms with Crippen LogP contribution < -0.4 is 11.2 Å². The van der Waals surface area contributed by atoms with Crippen LogP contribution >= 0.6 is 11.6 Å². The van der Waals surface area contributed by atoms with Crippen LogP contribution in [0.2, 0.25) is 5.15 Å². The van der Waals surface area contributed by atoms with E-state index in [1.165, 1.54) is 6.20 Å². The highest BCUT2D eigenvalue weighted by Gasteiger charge is 2.25. The van der Waals surface area contributed by atoms with E-state index in [2.05, 4.69) is 10.1 Å². The first-order chi connectivity index (χ1) is 9.58. The number of hydrogen-bond acceptors (Lipinski definition) is 3. The fraction of sp³-hybridized carbons (Fsp3) is 0.462. The maximum absolute atomic E-state index is 12.6. The lowest BCUT2D eigenvalue weighted by Gasteiger charge is -2.12. The molecule has 0 amide bonds. The minimum Gasteiger partial charge on any atom is -0.297 e. The summed E-state index contributed by atoms with van der Waals surface area (Å²) in [6.07, 6.45) is 7.17. The molecule has 0 aliphatic heterocycles. The van der Waals surface area contributed by atoms with E-state index in [1.54, 1.807) is 17.9 Å². The Balaban J connectivity index is 2.23. The standard InChI is InChI=1S/C13H15ClN4O2/c1-17-7-9(6-15-17)18-12(19)10(8-4-2-3-5-8)11(14)16-13(18)20/h6-8H,2-5H2,1H3,(H,16,20). The molecule has 2 aromatic rings. The molecule has 0 bridgehead atoms. The van der Waals surface area contributed by atoms with Crippen LogP contribution in [0.3, 0.4) is 0 Å². The van der Waals surface area contributed by atoms with E-state index < -0.39 is 5.69 Å². The van der Waals surface area contributed by atoms with Gasteiger partial charge in [0.25, 0.3) is 5.56 Å². The summed E-state index contributed by atoms with van der Waals surface area (Å²) in [6, 6.07) is 0. The molecule has 0 radical (unpaired) electrons. The van der Waals surface area contributed by atoms with Crippen LogP contribution in [0.25, 0.3) is 5.69 Å². The van der Waals surface area contributed by atoms with Crippen LogP contribution in [0.15, 0.2) is 22.0 Å². The van der Waals surface area contributed by atoms with Crippen molar-refractivity contribution < 1.29 is 0 Å². The molecule has 7 heteroatoms. The number of halogens is 1. The first kappa shape index (κ1) is 13.2. The number of H-pyrrole nitrogens is 1. The summed E-state index contributed by atoms with van der Waals surface area (Å²) >= 11 is 6.09. The predicted octanol–water partition coefficient (Wildman–Crippen LogP) is 1.57. The molecular formula is C13H15ClN4O2. The number of aromatic nitrogens is 4. The van der Waals surface area contributed by atoms with Gasteiger partial charge < -0.3 is 0 Å². The van der Waals surface area contributed by atoms with Crippen molar-refractivity contribution in [2.75, 3.05) is 0 Å². The molecule has 2 aromatic heterocycles. The molecule has 3 rings (SSSR count). The van der Waals surface area contributed by atoms with Gasteiger partial charge in [0.05, 0.1) is 17.4 Å². The van der Waals surface area contributed by atoms with Crippen molar-refractivity contribution in [3.8, 4) is 5.69 Å². The van der Waals surface area contributed by atoms with Crippen molar-refractivity contribution in [1.82, 2.24) is 19.3 Å². The normalized spacial score (nSPS) is 15.9. The summed E-state index contributed by atoms with van der Waals surface area (Å²) in [4.78, 5) is 27.2. The Bertz CT molecular complexity index is 752. The van der Waals surface area contributed by atoms with Gasteiger partial charge >= 0.3 is 5.69 Å². The molecule has 0 spiro atoms. The Kier molecular flexibility index (Phi) is 3.25. The second kappa shape index (κ2) is 4.94. The molecule has 1 aliphatic rings. The predicted molar refractivity (Wildman–Crippen MR) is 75.6 cm³/mol. The molecule has 2 heterocycles. The van der Waals surface area contributed by atoms with Gasteiger partial charge in [-0.15, -0.1) is 0 Å². The molecule has 1 N–H and O–H groups in total. The van der Waals surface area contributed by atoms with E-state index in [9.17, 15) is 9.59 Å². The SMILES string of the molecule is Cn1cc(-n2c(=O)[nH]c(Cl)c(C3CCCC3)c2=O)cn1. The zero-order valence-corrected chi connectivity index (χ0v) is 11.9. The quantitative estimate of drug-likeness (QED) is 0.855. The summed E-state index contributed by atoms with van der Waals surface area (Å²) in [5, 5.41) is 4.17. The Morgan fingerprint density at radius 2 is 2.05 bits per heavy atom. The summed E-state index contributed by atoms with van der Waals surface area (Å²) in [5.74, 6) is 0.134. The van der Waals surface area contributed by atoms with E-state index in [0.29, 0.717) is 11.3 Å². The molecule has 1 aliphatic carbocycles. The highest BCUT2D eigenvalue weighted by molar-refractivity contribution is 6.30. The van der Waals surface area contributed by atoms with Gasteiger partial charge in [0.1, 0.15) is 5.15 Å². The number of nitrogens with zero attached hydrogens (tertiary/aromatic N) is 3. The number of nitrogens with one attached hydrogen (secondary N) is 1. The Labute approximate surface area is 120 Å². The summed E-state index contributed by atoms with van der Waals surface area (Å²) in [7, 11) is 1.73. The Hall–Kier alpha value is -1.82. The molecular weight excluding hydrogens is 280 g/mol. The van der Waals surface area contributed by atoms with E-state index in [0.717, 1.165) is 30.3 Å². The van der Waals surface area contributed by atoms with Crippen LogP contribution in [-0.2, 0) is 7.05 Å². The fourth-order valence-electron chi connectivity index (χ4n) is 2.85. The topological polar surface area (TPSA) is 72.7 Å². The molecule has 20 heavy (non-hydrogen) atoms. The number of hydrogen-bond donors (Lipinski definition) is 1. The number of rotatable bonds is 2. The Morgan fingerprint density at radius 3 is 2.65 bits per heavy atom. The molecule has 106 valence electrons. The molecule has 0 aromatic carbocycles. The van der Waals surface area contributed by atoms with Crippen LogP contribution in [0, 0.1) is 0 Å². The monoisotopic (exact) mass is 294 g/mol. The summed E-state index contributed by atoms with van der Waals surface area (Å²) in [6.45, 7) is 0. The lowest BCUT2D eigenvalue weighted by atomic mass is 10.0. The van der Waals surface area contributed by atoms with Crippen LogP contribution in [0.5, 0.6) is 0 Å². The van der Waals surface area contributed by atoms with Crippen LogP contribution in [0.4, 0.5) is 0 Å². The van der Waals surface area contributed by atoms with Crippen molar-refractivity contribution in [3.63, 3.8) is 0 Å². The molecule has 0 unspecified atom stereocenters. The van der Waals surface area contributed by atoms with Crippen molar-refractivity contribution in [2.45, 2.75) is 31.6 Å². The van der Waals surface area contributed by atoms with Gasteiger partial charge in [-0.05, 0) is 18.8 Å². The summed E-state index contributed by atoms with van der Waals surface area (Å²) in [5.41, 5.74) is 0.107. The fourth-order valence-corrected chi connectivity index (χ4v) is 3.17. The molecule has 0 saturated heterocycles. The van der Waals surface area contributed by atoms with E-state index in [-0.39, 0.29) is 16.6 Å². The van der Waals surface area contributed by atoms with E-state index >= 15 is 0 Å². The van der Waals surface area contributed by atoms with Gasteiger partial charge in [0.2, 0.25) is 0 Å². The lowest BCUT2D eigenvalue weighted by molar-refractivity contribution is 0.688. The smallest absolute Gasteiger partial charge is 0.297 e. The maximum Gasteiger partial charge on any atom is 0.334 e. The third-order valence-electron chi connectivity index (χ3n) is 3.80. The summed E-state index contributed by atoms with van der Waals surface area (Å²) < 4.78 is 2.65. The second-order valence-electron chi connectivity index (χ2n) is 5.15. The average Bonchev–Trinajstić information content (AvgIpc) is 3.01. The van der Waals surface area contributed by atoms with E-state index in [1.807, 2.05) is 0 Å². The van der Waals surface area contributed by atoms with Crippen molar-refractivity contribution >= 4 is 11.6 Å². The van der Waals surface area contributed by atoms with Gasteiger partial charge in [0, 0.05) is 13.2 Å². The van der Waals surface area contributed by atoms with Crippen LogP contribution in [0.1, 0.15) is 37.2 Å². The number of aromatic amines is 1. The molecule has 0 atom stereocenters. The van der Waals surface area contributed by atoms with Crippen molar-refractivity contribution in [2.24, 2.45) is 7.05 Å². The van der Waals surface area contributed by atoms with Crippen molar-refractivity contribution in [3.05, 3.63) is 43.9 Å². The second-order valence-corrected chi connectivity index (χ2v) is 5.53. The van der Waals surface area contributed by atoms with Gasteiger partial charge in [0.15, 0.2) is 0 Å². The van der Waals surface area contributed by atoms with Gasteiger partial charge in [-0.2, -0.15) is 5.10 Å². The first-order valence-electron chi connectivity index (χ1n) is 6.61. The van der Waals surface area contributed by atoms with Crippen LogP contribution in [-0.4, -0.2) is 19.3 Å². The van der Waals surface area contributed by atoms with Crippen molar-refractivity contribution in [1.29, 1.82) is 0 Å². The first-order valence-corrected chi connectivity index (χ1v) is 6.99. The maximum atomic E-state index is 12.6. The van der Waals surface area contributed by atoms with Gasteiger partial charge in [-0.25, -0.2) is 9.36 Å². The minimum atomic E-state index is -0.533. The molecule has 6 nitrogen and oxygen atoms in total. The van der Waals surface area contributed by atoms with E-state index in [4.69, 9.17) is 11.6 Å². The largest absolute Gasteiger partial charge is 0.334 e.